The summed E-state index contributed by atoms with van der Waals surface area (Å²) in [5.74, 6) is -2.60. The largest absolute Gasteiger partial charge is 0.479 e. The minimum Gasteiger partial charge on any atom is -0.479 e. The number of carbonyl (C=O) groups is 3. The van der Waals surface area contributed by atoms with Crippen LogP contribution in [-0.2, 0) is 9.59 Å². The number of aliphatic hydroxyl groups is 2. The van der Waals surface area contributed by atoms with Gasteiger partial charge in [0.2, 0.25) is 5.91 Å². The van der Waals surface area contributed by atoms with Crippen molar-refractivity contribution in [1.82, 2.24) is 10.3 Å². The Kier molecular flexibility index (Phi) is 5.67. The van der Waals surface area contributed by atoms with Crippen molar-refractivity contribution < 1.29 is 34.8 Å². The number of fused-ring (bicyclic) bond motifs is 3. The van der Waals surface area contributed by atoms with Crippen LogP contribution in [0.2, 0.25) is 0 Å². The first kappa shape index (κ1) is 21.1. The lowest BCUT2D eigenvalue weighted by Crippen LogP contribution is -2.39. The number of aliphatic carboxylic acids is 2. The Labute approximate surface area is 169 Å². The number of carbonyl (C=O) groups excluding carboxylic acids is 1. The molecule has 1 aliphatic carbocycles. The van der Waals surface area contributed by atoms with E-state index in [0.717, 1.165) is 29.4 Å². The van der Waals surface area contributed by atoms with E-state index in [2.05, 4.69) is 33.5 Å². The standard InChI is InChI=1S/C15H14N4O.C4H6O6/c16-13(20)10-4-9-5-15(6-12(9)18-7-10)8-19-14-11(15)2-1-3-17-14;5-1(3(7)8)2(6)4(9)10/h1,3-7,11H,2,8H2,(H2,16,20)(H,17,19);1-2,5-6H,(H,7,8)(H,9,10)/t;1-,2-/m.1/s1. The highest BCUT2D eigenvalue weighted by Crippen LogP contribution is 2.41. The highest BCUT2D eigenvalue weighted by Gasteiger charge is 2.44. The molecule has 0 radical (unpaired) electrons. The summed E-state index contributed by atoms with van der Waals surface area (Å²) in [6, 6.07) is 1.82. The molecular weight excluding hydrogens is 396 g/mol. The summed E-state index contributed by atoms with van der Waals surface area (Å²) in [5, 5.41) is 37.6. The molecule has 1 amide bonds. The SMILES string of the molecule is NC(=O)c1cnc2c(c1)=CC1(C=2)CN=C2NC=CCC21.O=C(O)[C@H](O)[C@@H](O)C(=O)O. The van der Waals surface area contributed by atoms with E-state index < -0.39 is 30.1 Å². The van der Waals surface area contributed by atoms with Crippen molar-refractivity contribution in [3.63, 3.8) is 0 Å². The first-order chi connectivity index (χ1) is 14.1. The highest BCUT2D eigenvalue weighted by atomic mass is 16.4. The van der Waals surface area contributed by atoms with Crippen LogP contribution in [0.25, 0.3) is 12.2 Å². The maximum atomic E-state index is 11.3. The summed E-state index contributed by atoms with van der Waals surface area (Å²) in [6.07, 6.45) is 6.41. The van der Waals surface area contributed by atoms with E-state index >= 15 is 0 Å². The number of amides is 1. The number of hydrogen-bond donors (Lipinski definition) is 6. The van der Waals surface area contributed by atoms with Gasteiger partial charge in [0.05, 0.1) is 17.5 Å². The molecule has 7 N–H and O–H groups in total. The van der Waals surface area contributed by atoms with Crippen molar-refractivity contribution in [2.24, 2.45) is 22.1 Å². The molecule has 158 valence electrons. The molecule has 2 unspecified atom stereocenters. The third kappa shape index (κ3) is 3.93. The number of nitrogens with one attached hydrogen (secondary N) is 1. The Balaban J connectivity index is 0.000000220. The molecule has 30 heavy (non-hydrogen) atoms. The van der Waals surface area contributed by atoms with Crippen LogP contribution >= 0.6 is 0 Å². The van der Waals surface area contributed by atoms with Crippen LogP contribution in [0.1, 0.15) is 16.8 Å². The minimum atomic E-state index is -2.27. The number of carboxylic acid groups (broad SMARTS) is 2. The zero-order chi connectivity index (χ0) is 22.1. The van der Waals surface area contributed by atoms with Crippen LogP contribution in [0.4, 0.5) is 0 Å². The number of hydrogen-bond acceptors (Lipinski definition) is 8. The fourth-order valence-electron chi connectivity index (χ4n) is 3.53. The zero-order valence-electron chi connectivity index (χ0n) is 15.6. The van der Waals surface area contributed by atoms with Gasteiger partial charge in [-0.05, 0) is 30.0 Å². The molecule has 0 aromatic carbocycles. The van der Waals surface area contributed by atoms with Crippen molar-refractivity contribution in [2.75, 3.05) is 6.54 Å². The topological polar surface area (TPSA) is 195 Å². The summed E-state index contributed by atoms with van der Waals surface area (Å²) in [5.41, 5.74) is 5.65. The van der Waals surface area contributed by atoms with Gasteiger partial charge in [0.25, 0.3) is 0 Å². The van der Waals surface area contributed by atoms with Gasteiger partial charge in [-0.15, -0.1) is 0 Å². The van der Waals surface area contributed by atoms with Gasteiger partial charge in [0.15, 0.2) is 12.2 Å². The molecule has 0 saturated carbocycles. The molecule has 0 fully saturated rings. The predicted molar refractivity (Wildman–Crippen MR) is 103 cm³/mol. The molecule has 1 aromatic heterocycles. The maximum absolute atomic E-state index is 11.3. The fourth-order valence-corrected chi connectivity index (χ4v) is 3.53. The van der Waals surface area contributed by atoms with Gasteiger partial charge in [-0.25, -0.2) is 9.59 Å². The predicted octanol–water partition coefficient (Wildman–Crippen LogP) is -2.85. The van der Waals surface area contributed by atoms with E-state index in [1.54, 1.807) is 6.20 Å². The third-order valence-electron chi connectivity index (χ3n) is 5.09. The normalized spacial score (nSPS) is 24.6. The van der Waals surface area contributed by atoms with E-state index in [9.17, 15) is 14.4 Å². The molecule has 4 atom stereocenters. The lowest BCUT2D eigenvalue weighted by Gasteiger charge is -2.28. The molecule has 0 saturated heterocycles. The number of aliphatic imine (C=N–C) groups is 1. The van der Waals surface area contributed by atoms with Crippen LogP contribution < -0.4 is 21.6 Å². The molecule has 0 bridgehead atoms. The van der Waals surface area contributed by atoms with Crippen LogP contribution in [0.5, 0.6) is 0 Å². The Bertz CT molecular complexity index is 1060. The summed E-state index contributed by atoms with van der Waals surface area (Å²) in [6.45, 7) is 0.726. The molecule has 4 rings (SSSR count). The number of rotatable bonds is 4. The maximum Gasteiger partial charge on any atom is 0.335 e. The molecular formula is C19H20N4O7. The monoisotopic (exact) mass is 416 g/mol. The van der Waals surface area contributed by atoms with Crippen LogP contribution in [0.3, 0.4) is 0 Å². The van der Waals surface area contributed by atoms with Crippen LogP contribution in [0.15, 0.2) is 29.5 Å². The Morgan fingerprint density at radius 2 is 1.83 bits per heavy atom. The second kappa shape index (κ2) is 8.05. The van der Waals surface area contributed by atoms with Gasteiger partial charge in [-0.3, -0.25) is 14.8 Å². The van der Waals surface area contributed by atoms with E-state index in [-0.39, 0.29) is 5.41 Å². The number of pyridine rings is 1. The lowest BCUT2D eigenvalue weighted by molar-refractivity contribution is -0.165. The molecule has 1 spiro atoms. The summed E-state index contributed by atoms with van der Waals surface area (Å²) in [4.78, 5) is 39.8. The lowest BCUT2D eigenvalue weighted by atomic mass is 9.75. The number of amidine groups is 1. The van der Waals surface area contributed by atoms with E-state index in [1.165, 1.54) is 0 Å². The van der Waals surface area contributed by atoms with Gasteiger partial charge in [0, 0.05) is 17.5 Å². The summed E-state index contributed by atoms with van der Waals surface area (Å²) >= 11 is 0. The molecule has 3 aliphatic rings. The fraction of sp³-hybridized carbons (Fsp3) is 0.316. The van der Waals surface area contributed by atoms with E-state index in [4.69, 9.17) is 26.2 Å². The highest BCUT2D eigenvalue weighted by molar-refractivity contribution is 5.94. The molecule has 2 aliphatic heterocycles. The number of carboxylic acids is 2. The molecule has 3 heterocycles. The number of aromatic nitrogens is 1. The second-order valence-electron chi connectivity index (χ2n) is 7.07. The number of nitrogens with zero attached hydrogens (tertiary/aromatic N) is 2. The zero-order valence-corrected chi connectivity index (χ0v) is 15.6. The average Bonchev–Trinajstić information content (AvgIpc) is 3.27. The van der Waals surface area contributed by atoms with Gasteiger partial charge >= 0.3 is 11.9 Å². The molecule has 1 aromatic rings. The Hall–Kier alpha value is -3.57. The van der Waals surface area contributed by atoms with Gasteiger partial charge in [0.1, 0.15) is 5.84 Å². The van der Waals surface area contributed by atoms with E-state index in [0.29, 0.717) is 11.5 Å². The average molecular weight is 416 g/mol. The van der Waals surface area contributed by atoms with Crippen LogP contribution in [-0.4, -0.2) is 67.8 Å². The first-order valence-electron chi connectivity index (χ1n) is 8.94. The van der Waals surface area contributed by atoms with Crippen molar-refractivity contribution in [3.05, 3.63) is 40.7 Å². The van der Waals surface area contributed by atoms with Crippen molar-refractivity contribution in [3.8, 4) is 0 Å². The van der Waals surface area contributed by atoms with Crippen LogP contribution in [0, 0.1) is 11.3 Å². The third-order valence-corrected chi connectivity index (χ3v) is 5.09. The first-order valence-corrected chi connectivity index (χ1v) is 8.94. The molecule has 11 heteroatoms. The quantitative estimate of drug-likeness (QED) is 0.299. The molecule has 11 nitrogen and oxygen atoms in total. The van der Waals surface area contributed by atoms with Gasteiger partial charge in [-0.1, -0.05) is 12.2 Å². The smallest absolute Gasteiger partial charge is 0.335 e. The van der Waals surface area contributed by atoms with Crippen molar-refractivity contribution in [2.45, 2.75) is 18.6 Å². The number of allylic oxidation sites excluding steroid dienone is 1. The number of primary amides is 1. The van der Waals surface area contributed by atoms with Crippen molar-refractivity contribution in [1.29, 1.82) is 0 Å². The second-order valence-corrected chi connectivity index (χ2v) is 7.07. The number of nitrogens with two attached hydrogens (primary N) is 1. The minimum absolute atomic E-state index is 0.112. The summed E-state index contributed by atoms with van der Waals surface area (Å²) in [7, 11) is 0. The van der Waals surface area contributed by atoms with Gasteiger partial charge in [-0.2, -0.15) is 0 Å². The Morgan fingerprint density at radius 3 is 2.43 bits per heavy atom. The number of aliphatic hydroxyl groups excluding tert-OH is 2. The van der Waals surface area contributed by atoms with Gasteiger partial charge < -0.3 is 31.5 Å². The Morgan fingerprint density at radius 1 is 1.17 bits per heavy atom. The van der Waals surface area contributed by atoms with E-state index in [1.807, 2.05) is 12.3 Å². The van der Waals surface area contributed by atoms with Crippen molar-refractivity contribution >= 4 is 35.8 Å². The summed E-state index contributed by atoms with van der Waals surface area (Å²) < 4.78 is 0.